The molecule has 2 amide bonds. The first-order valence-electron chi connectivity index (χ1n) is 12.8. The normalized spacial score (nSPS) is 20.7. The van der Waals surface area contributed by atoms with Gasteiger partial charge in [-0.25, -0.2) is 4.98 Å². The molecule has 1 saturated carbocycles. The van der Waals surface area contributed by atoms with Crippen LogP contribution in [0, 0.1) is 0 Å². The summed E-state index contributed by atoms with van der Waals surface area (Å²) >= 11 is 0. The molecule has 8 heteroatoms. The second-order valence-corrected chi connectivity index (χ2v) is 9.25. The predicted octanol–water partition coefficient (Wildman–Crippen LogP) is 4.30. The lowest BCUT2D eigenvalue weighted by atomic mass is 10.1. The van der Waals surface area contributed by atoms with Gasteiger partial charge in [-0.05, 0) is 44.2 Å². The van der Waals surface area contributed by atoms with Crippen LogP contribution in [0.1, 0.15) is 68.9 Å². The lowest BCUT2D eigenvalue weighted by molar-refractivity contribution is -0.116. The Kier molecular flexibility index (Phi) is 8.58. The molecule has 2 aromatic rings. The Morgan fingerprint density at radius 2 is 2.00 bits per heavy atom. The van der Waals surface area contributed by atoms with Gasteiger partial charge >= 0.3 is 0 Å². The van der Waals surface area contributed by atoms with E-state index in [1.807, 2.05) is 25.2 Å². The first-order valence-corrected chi connectivity index (χ1v) is 12.8. The maximum Gasteiger partial charge on any atom is 0.225 e. The van der Waals surface area contributed by atoms with Gasteiger partial charge in [0.2, 0.25) is 12.3 Å². The zero-order valence-corrected chi connectivity index (χ0v) is 20.6. The molecule has 1 fully saturated rings. The maximum absolute atomic E-state index is 11.5. The van der Waals surface area contributed by atoms with Crippen molar-refractivity contribution in [1.29, 1.82) is 0 Å². The molecule has 3 N–H and O–H groups in total. The molecule has 1 aliphatic carbocycles. The highest BCUT2D eigenvalue weighted by molar-refractivity contribution is 5.93. The third-order valence-electron chi connectivity index (χ3n) is 6.75. The average molecular weight is 481 g/mol. The van der Waals surface area contributed by atoms with Gasteiger partial charge in [-0.2, -0.15) is 0 Å². The molecule has 0 saturated heterocycles. The third kappa shape index (κ3) is 6.11. The molecule has 0 radical (unpaired) electrons. The minimum atomic E-state index is -0.000267. The number of hydrogen-bond donors (Lipinski definition) is 3. The quantitative estimate of drug-likeness (QED) is 0.327. The van der Waals surface area contributed by atoms with Crippen molar-refractivity contribution in [3.63, 3.8) is 0 Å². The van der Waals surface area contributed by atoms with Crippen LogP contribution in [0.4, 0.5) is 5.82 Å². The van der Waals surface area contributed by atoms with Crippen LogP contribution in [-0.4, -0.2) is 43.0 Å². The lowest BCUT2D eigenvalue weighted by Gasteiger charge is -2.19. The van der Waals surface area contributed by atoms with Gasteiger partial charge in [0.05, 0.1) is 6.04 Å². The summed E-state index contributed by atoms with van der Waals surface area (Å²) in [4.78, 5) is 25.6. The fourth-order valence-corrected chi connectivity index (χ4v) is 4.79. The van der Waals surface area contributed by atoms with Crippen molar-refractivity contribution in [2.75, 3.05) is 18.9 Å². The highest BCUT2D eigenvalue weighted by Crippen LogP contribution is 2.54. The van der Waals surface area contributed by atoms with E-state index in [0.29, 0.717) is 30.6 Å². The van der Waals surface area contributed by atoms with Gasteiger partial charge in [-0.3, -0.25) is 9.59 Å². The Balaban J connectivity index is 0.000000225. The van der Waals surface area contributed by atoms with Crippen LogP contribution < -0.4 is 25.4 Å². The fourth-order valence-electron chi connectivity index (χ4n) is 4.79. The fraction of sp³-hybridized carbons (Fsp3) is 0.519. The predicted molar refractivity (Wildman–Crippen MR) is 135 cm³/mol. The minimum absolute atomic E-state index is 0.000267. The summed E-state index contributed by atoms with van der Waals surface area (Å²) in [6.07, 6.45) is 11.5. The Labute approximate surface area is 207 Å². The molecule has 3 heterocycles. The summed E-state index contributed by atoms with van der Waals surface area (Å²) in [5.74, 6) is 3.50. The van der Waals surface area contributed by atoms with E-state index in [0.717, 1.165) is 42.2 Å². The van der Waals surface area contributed by atoms with E-state index in [-0.39, 0.29) is 12.0 Å². The maximum atomic E-state index is 11.5. The number of pyridine rings is 1. The number of anilines is 1. The Hall–Kier alpha value is -3.13. The Bertz CT molecular complexity index is 1030. The number of ether oxygens (including phenoxy) is 2. The minimum Gasteiger partial charge on any atom is -0.488 e. The number of nitrogens with zero attached hydrogens (tertiary/aromatic N) is 1. The zero-order valence-electron chi connectivity index (χ0n) is 20.6. The van der Waals surface area contributed by atoms with Gasteiger partial charge in [0, 0.05) is 36.2 Å². The molecular formula is C27H36N4O4. The molecule has 5 rings (SSSR count). The van der Waals surface area contributed by atoms with E-state index in [2.05, 4.69) is 33.9 Å². The number of fused-ring (bicyclic) bond motifs is 4. The molecule has 1 aromatic carbocycles. The van der Waals surface area contributed by atoms with Crippen LogP contribution in [0.5, 0.6) is 17.2 Å². The Morgan fingerprint density at radius 1 is 1.17 bits per heavy atom. The summed E-state index contributed by atoms with van der Waals surface area (Å²) < 4.78 is 12.0. The van der Waals surface area contributed by atoms with Gasteiger partial charge in [0.15, 0.2) is 0 Å². The first kappa shape index (κ1) is 25.0. The number of nitrogens with one attached hydrogen (secondary N) is 3. The van der Waals surface area contributed by atoms with Gasteiger partial charge in [-0.1, -0.05) is 39.0 Å². The molecular weight excluding hydrogens is 444 g/mol. The molecule has 8 nitrogen and oxygen atoms in total. The molecule has 35 heavy (non-hydrogen) atoms. The summed E-state index contributed by atoms with van der Waals surface area (Å²) in [5.41, 5.74) is 2.15. The Morgan fingerprint density at radius 3 is 2.80 bits per heavy atom. The molecule has 188 valence electrons. The van der Waals surface area contributed by atoms with E-state index < -0.39 is 0 Å². The van der Waals surface area contributed by atoms with Gasteiger partial charge < -0.3 is 25.4 Å². The van der Waals surface area contributed by atoms with Crippen molar-refractivity contribution >= 4 is 18.1 Å². The number of carbonyl (C=O) groups excluding carboxylic acids is 2. The summed E-state index contributed by atoms with van der Waals surface area (Å²) in [5, 5.41) is 8.74. The second-order valence-electron chi connectivity index (χ2n) is 9.25. The number of carbonyl (C=O) groups is 2. The highest BCUT2D eigenvalue weighted by Gasteiger charge is 2.58. The molecule has 3 atom stereocenters. The number of benzene rings is 1. The first-order chi connectivity index (χ1) is 17.2. The number of rotatable bonds is 11. The van der Waals surface area contributed by atoms with Crippen LogP contribution in [0.25, 0.3) is 0 Å². The van der Waals surface area contributed by atoms with Gasteiger partial charge in [0.1, 0.15) is 29.2 Å². The zero-order chi connectivity index (χ0) is 24.6. The smallest absolute Gasteiger partial charge is 0.225 e. The van der Waals surface area contributed by atoms with Crippen molar-refractivity contribution in [2.45, 2.75) is 76.4 Å². The van der Waals surface area contributed by atoms with Crippen molar-refractivity contribution in [2.24, 2.45) is 0 Å². The van der Waals surface area contributed by atoms with Crippen molar-refractivity contribution < 1.29 is 19.1 Å². The van der Waals surface area contributed by atoms with Crippen LogP contribution in [0.3, 0.4) is 0 Å². The summed E-state index contributed by atoms with van der Waals surface area (Å²) in [6, 6.07) is 8.20. The molecule has 2 aliphatic heterocycles. The van der Waals surface area contributed by atoms with Crippen LogP contribution >= 0.6 is 0 Å². The van der Waals surface area contributed by atoms with Crippen LogP contribution in [-0.2, 0) is 16.0 Å². The standard InChI is InChI=1S/C18H17N3O3.C9H19NO/c1-19-16-15-11-8-9(2-4-12(11)24-17(15)16)23-13-6-7-20-18-10(13)3-5-14(22)21-18;1-2-3-4-5-6-7-8-10-9-11/h2,4,6-8,15-17,19H,3,5H2,1H3,(H,20,21,22);9H,2-8H2,1H3,(H,10,11)/t15?,16-,17?;/m0./s1. The average Bonchev–Trinajstić information content (AvgIpc) is 3.44. The van der Waals surface area contributed by atoms with E-state index in [4.69, 9.17) is 9.47 Å². The summed E-state index contributed by atoms with van der Waals surface area (Å²) in [7, 11) is 1.96. The van der Waals surface area contributed by atoms with Crippen LogP contribution in [0.2, 0.25) is 0 Å². The van der Waals surface area contributed by atoms with Gasteiger partial charge in [0.25, 0.3) is 0 Å². The van der Waals surface area contributed by atoms with E-state index >= 15 is 0 Å². The van der Waals surface area contributed by atoms with E-state index in [1.54, 1.807) is 6.20 Å². The molecule has 0 bridgehead atoms. The van der Waals surface area contributed by atoms with Crippen molar-refractivity contribution in [3.05, 3.63) is 41.6 Å². The largest absolute Gasteiger partial charge is 0.488 e. The number of unbranched alkanes of at least 4 members (excludes halogenated alkanes) is 5. The topological polar surface area (TPSA) is 102 Å². The number of hydrogen-bond acceptors (Lipinski definition) is 6. The third-order valence-corrected chi connectivity index (χ3v) is 6.75. The lowest BCUT2D eigenvalue weighted by Crippen LogP contribution is -2.20. The van der Waals surface area contributed by atoms with E-state index in [1.165, 1.54) is 37.7 Å². The molecule has 2 unspecified atom stereocenters. The van der Waals surface area contributed by atoms with Gasteiger partial charge in [-0.15, -0.1) is 0 Å². The number of amides is 2. The number of aromatic nitrogens is 1. The molecule has 0 spiro atoms. The van der Waals surface area contributed by atoms with Crippen molar-refractivity contribution in [1.82, 2.24) is 15.6 Å². The monoisotopic (exact) mass is 480 g/mol. The van der Waals surface area contributed by atoms with Crippen molar-refractivity contribution in [3.8, 4) is 17.2 Å². The molecule has 3 aliphatic rings. The second kappa shape index (κ2) is 12.0. The SMILES string of the molecule is CCCCCCCCNC=O.CN[C@@H]1C2Oc3ccc(Oc4ccnc5c4CCC(=O)N5)cc3C21. The molecule has 1 aromatic heterocycles. The van der Waals surface area contributed by atoms with Crippen LogP contribution in [0.15, 0.2) is 30.5 Å². The number of likely N-dealkylation sites (N-methyl/N-ethyl adjacent to an activating group) is 1. The van der Waals surface area contributed by atoms with E-state index in [9.17, 15) is 9.59 Å². The highest BCUT2D eigenvalue weighted by atomic mass is 16.5. The summed E-state index contributed by atoms with van der Waals surface area (Å²) in [6.45, 7) is 3.06.